The van der Waals surface area contributed by atoms with Gasteiger partial charge in [-0.05, 0) is 0 Å². The summed E-state index contributed by atoms with van der Waals surface area (Å²) in [7, 11) is -11.4. The number of phosphoric ester groups is 2. The number of nitrogens with one attached hydrogen (secondary N) is 1. The molecule has 1 aromatic rings. The monoisotopic (exact) mass is 588 g/mol. The molecule has 3 rings (SSSR count). The van der Waals surface area contributed by atoms with Gasteiger partial charge < -0.3 is 49.9 Å². The minimum absolute atomic E-state index is 0. The number of aromatic amines is 1. The Labute approximate surface area is 228 Å². The third-order valence-electron chi connectivity index (χ3n) is 5.15. The number of hydrogen-bond donors (Lipinski definition) is 8. The Bertz CT molecular complexity index is 1130. The van der Waals surface area contributed by atoms with Gasteiger partial charge in [0, 0.05) is 12.3 Å². The summed E-state index contributed by atoms with van der Waals surface area (Å²) >= 11 is 0. The molecule has 0 saturated carbocycles. The average molecular weight is 588 g/mol. The van der Waals surface area contributed by atoms with E-state index < -0.39 is 95.4 Å². The Kier molecular flexibility index (Phi) is 11.4. The van der Waals surface area contributed by atoms with E-state index in [0.717, 1.165) is 12.3 Å². The summed E-state index contributed by atoms with van der Waals surface area (Å²) in [6.07, 6.45) is -15.6. The summed E-state index contributed by atoms with van der Waals surface area (Å²) in [5.41, 5.74) is -1.76. The van der Waals surface area contributed by atoms with Gasteiger partial charge in [0.1, 0.15) is 42.7 Å². The van der Waals surface area contributed by atoms with Crippen LogP contribution in [-0.2, 0) is 32.0 Å². The van der Waals surface area contributed by atoms with Crippen LogP contribution in [0.25, 0.3) is 0 Å². The van der Waals surface area contributed by atoms with Crippen molar-refractivity contribution >= 4 is 15.6 Å². The van der Waals surface area contributed by atoms with Crippen LogP contribution in [-0.4, -0.2) is 107 Å². The predicted octanol–water partition coefficient (Wildman–Crippen LogP) is -8.42. The van der Waals surface area contributed by atoms with Crippen molar-refractivity contribution in [3.63, 3.8) is 0 Å². The van der Waals surface area contributed by atoms with Crippen LogP contribution >= 0.6 is 15.6 Å². The van der Waals surface area contributed by atoms with Crippen LogP contribution < -0.4 is 45.7 Å². The molecule has 22 heteroatoms. The number of H-pyrrole nitrogens is 1. The van der Waals surface area contributed by atoms with Gasteiger partial charge in [0.2, 0.25) is 0 Å². The van der Waals surface area contributed by atoms with Crippen molar-refractivity contribution in [1.82, 2.24) is 9.55 Å². The number of phosphoric acid groups is 2. The molecule has 0 spiro atoms. The first-order valence-corrected chi connectivity index (χ1v) is 12.9. The second-order valence-electron chi connectivity index (χ2n) is 7.66. The molecule has 0 amide bonds. The molecule has 0 bridgehead atoms. The minimum atomic E-state index is -5.84. The molecule has 0 aromatic carbocycles. The van der Waals surface area contributed by atoms with E-state index in [1.807, 2.05) is 4.98 Å². The molecule has 37 heavy (non-hydrogen) atoms. The van der Waals surface area contributed by atoms with Gasteiger partial charge in [-0.15, -0.1) is 0 Å². The molecule has 0 aliphatic carbocycles. The van der Waals surface area contributed by atoms with Crippen molar-refractivity contribution in [2.75, 3.05) is 13.2 Å². The molecule has 2 aliphatic rings. The standard InChI is InChI=1S/C15H24N2O17P2.Na/c18-3-5-8(20)10(22)12(24)14(32-5)33-36(28,29)34-35(26,27)30-4-6-9(21)11(23)13(31-6)17-2-1-7(19)16-15(17)25;/h1-2,5-6,8-14,18,20-24H,3-4H2,(H,26,27)(H,28,29)(H,16,19,25);/q;+1/p-1/t5-,6-,8-,9-,10+,11-,12-,13-,14+;/m1./s1. The van der Waals surface area contributed by atoms with Crippen LogP contribution in [0, 0.1) is 0 Å². The van der Waals surface area contributed by atoms with Crippen LogP contribution in [0.1, 0.15) is 6.23 Å². The SMILES string of the molecule is O=c1ccn([C@@H]2O[C@H](COP(=O)(O)OP(=O)([O-])O[C@@H]3O[C@H](CO)[C@@H](O)[C@H](O)[C@H]3O)[C@@H](O)[C@H]2O)c(=O)[nH]1.[Na+]. The van der Waals surface area contributed by atoms with E-state index in [1.54, 1.807) is 0 Å². The fourth-order valence-corrected chi connectivity index (χ4v) is 5.46. The molecule has 0 radical (unpaired) electrons. The number of aliphatic hydroxyl groups is 6. The fourth-order valence-electron chi connectivity index (χ4n) is 3.34. The molecule has 19 nitrogen and oxygen atoms in total. The van der Waals surface area contributed by atoms with Gasteiger partial charge in [-0.2, -0.15) is 0 Å². The molecule has 2 fully saturated rings. The normalized spacial score (nSPS) is 37.4. The Morgan fingerprint density at radius 1 is 1.00 bits per heavy atom. The molecule has 8 N–H and O–H groups in total. The number of aliphatic hydroxyl groups excluding tert-OH is 6. The third-order valence-corrected chi connectivity index (χ3v) is 7.72. The number of ether oxygens (including phenoxy) is 2. The Balaban J connectivity index is 0.00000481. The van der Waals surface area contributed by atoms with Crippen molar-refractivity contribution in [2.24, 2.45) is 0 Å². The molecule has 2 aliphatic heterocycles. The molecule has 2 saturated heterocycles. The number of rotatable bonds is 9. The Hall–Kier alpha value is -0.380. The third kappa shape index (κ3) is 7.85. The molecular weight excluding hydrogens is 565 g/mol. The van der Waals surface area contributed by atoms with Gasteiger partial charge in [-0.1, -0.05) is 0 Å². The smallest absolute Gasteiger partial charge is 0.756 e. The summed E-state index contributed by atoms with van der Waals surface area (Å²) in [6, 6.07) is 0.921. The van der Waals surface area contributed by atoms with Gasteiger partial charge in [-0.3, -0.25) is 28.0 Å². The van der Waals surface area contributed by atoms with Gasteiger partial charge in [0.15, 0.2) is 12.5 Å². The van der Waals surface area contributed by atoms with Gasteiger partial charge in [0.25, 0.3) is 13.4 Å². The van der Waals surface area contributed by atoms with Crippen LogP contribution in [0.3, 0.4) is 0 Å². The Morgan fingerprint density at radius 3 is 2.22 bits per heavy atom. The van der Waals surface area contributed by atoms with Gasteiger partial charge in [-0.25, -0.2) is 13.7 Å². The van der Waals surface area contributed by atoms with E-state index in [0.29, 0.717) is 4.57 Å². The van der Waals surface area contributed by atoms with Crippen LogP contribution in [0.2, 0.25) is 0 Å². The maximum absolute atomic E-state index is 12.1. The second-order valence-corrected chi connectivity index (χ2v) is 10.6. The zero-order chi connectivity index (χ0) is 27.0. The van der Waals surface area contributed by atoms with Gasteiger partial charge in [0.05, 0.1) is 13.2 Å². The maximum Gasteiger partial charge on any atom is 1.00 e. The Morgan fingerprint density at radius 2 is 1.62 bits per heavy atom. The second kappa shape index (κ2) is 12.9. The summed E-state index contributed by atoms with van der Waals surface area (Å²) in [6.45, 7) is -1.97. The van der Waals surface area contributed by atoms with Crippen molar-refractivity contribution in [2.45, 2.75) is 55.2 Å². The van der Waals surface area contributed by atoms with E-state index in [1.165, 1.54) is 0 Å². The zero-order valence-electron chi connectivity index (χ0n) is 18.8. The largest absolute Gasteiger partial charge is 1.00 e. The van der Waals surface area contributed by atoms with E-state index in [-0.39, 0.29) is 29.6 Å². The molecule has 2 unspecified atom stereocenters. The van der Waals surface area contributed by atoms with E-state index in [9.17, 15) is 54.0 Å². The summed E-state index contributed by atoms with van der Waals surface area (Å²) < 4.78 is 47.6. The molecule has 1 aromatic heterocycles. The zero-order valence-corrected chi connectivity index (χ0v) is 22.6. The van der Waals surface area contributed by atoms with Crippen LogP contribution in [0.4, 0.5) is 0 Å². The summed E-state index contributed by atoms with van der Waals surface area (Å²) in [5.74, 6) is 0. The predicted molar refractivity (Wildman–Crippen MR) is 107 cm³/mol. The van der Waals surface area contributed by atoms with Crippen LogP contribution in [0.15, 0.2) is 21.9 Å². The minimum Gasteiger partial charge on any atom is -0.756 e. The van der Waals surface area contributed by atoms with Crippen molar-refractivity contribution in [3.05, 3.63) is 33.1 Å². The number of hydrogen-bond acceptors (Lipinski definition) is 16. The fraction of sp³-hybridized carbons (Fsp3) is 0.733. The maximum atomic E-state index is 12.1. The summed E-state index contributed by atoms with van der Waals surface area (Å²) in [4.78, 5) is 46.7. The average Bonchev–Trinajstić information content (AvgIpc) is 3.06. The van der Waals surface area contributed by atoms with Gasteiger partial charge >= 0.3 is 43.1 Å². The number of aromatic nitrogens is 2. The van der Waals surface area contributed by atoms with Crippen molar-refractivity contribution in [3.8, 4) is 0 Å². The van der Waals surface area contributed by atoms with Crippen molar-refractivity contribution in [1.29, 1.82) is 0 Å². The topological polar surface area (TPSA) is 300 Å². The van der Waals surface area contributed by atoms with E-state index in [4.69, 9.17) is 14.6 Å². The first kappa shape index (κ1) is 32.8. The molecule has 206 valence electrons. The number of nitrogens with zero attached hydrogens (tertiary/aromatic N) is 1. The molecule has 11 atom stereocenters. The summed E-state index contributed by atoms with van der Waals surface area (Å²) in [5, 5.41) is 58.5. The first-order valence-electron chi connectivity index (χ1n) is 9.97. The quantitative estimate of drug-likeness (QED) is 0.0981. The molecule has 3 heterocycles. The van der Waals surface area contributed by atoms with E-state index in [2.05, 4.69) is 13.4 Å². The molecular formula is C15H23N2NaO17P2. The van der Waals surface area contributed by atoms with Crippen LogP contribution in [0.5, 0.6) is 0 Å². The van der Waals surface area contributed by atoms with Crippen molar-refractivity contribution < 1.29 is 102 Å². The first-order chi connectivity index (χ1) is 16.7. The van der Waals surface area contributed by atoms with E-state index >= 15 is 0 Å².